The first-order valence-corrected chi connectivity index (χ1v) is 7.22. The molecule has 2 rings (SSSR count). The Bertz CT molecular complexity index is 756. The summed E-state index contributed by atoms with van der Waals surface area (Å²) in [5.41, 5.74) is 0.827. The molecule has 5 nitrogen and oxygen atoms in total. The van der Waals surface area contributed by atoms with E-state index in [1.807, 2.05) is 0 Å². The molecule has 0 radical (unpaired) electrons. The van der Waals surface area contributed by atoms with Crippen molar-refractivity contribution in [3.63, 3.8) is 0 Å². The summed E-state index contributed by atoms with van der Waals surface area (Å²) < 4.78 is 37.9. The van der Waals surface area contributed by atoms with Crippen molar-refractivity contribution in [3.05, 3.63) is 39.8 Å². The van der Waals surface area contributed by atoms with E-state index in [2.05, 4.69) is 15.6 Å². The number of alkyl halides is 3. The van der Waals surface area contributed by atoms with Crippen LogP contribution in [0.1, 0.15) is 27.3 Å². The number of hydrogen-bond donors (Lipinski definition) is 2. The van der Waals surface area contributed by atoms with Gasteiger partial charge in [0.2, 0.25) is 5.91 Å². The Kier molecular flexibility index (Phi) is 4.69. The van der Waals surface area contributed by atoms with Gasteiger partial charge in [0.1, 0.15) is 4.88 Å². The lowest BCUT2D eigenvalue weighted by Gasteiger charge is -2.07. The molecule has 0 saturated heterocycles. The van der Waals surface area contributed by atoms with Crippen molar-refractivity contribution in [1.29, 1.82) is 0 Å². The van der Waals surface area contributed by atoms with Crippen molar-refractivity contribution in [3.8, 4) is 0 Å². The molecule has 23 heavy (non-hydrogen) atoms. The first-order chi connectivity index (χ1) is 10.7. The van der Waals surface area contributed by atoms with Gasteiger partial charge >= 0.3 is 6.18 Å². The van der Waals surface area contributed by atoms with Crippen LogP contribution in [0, 0.1) is 6.92 Å². The fourth-order valence-corrected chi connectivity index (χ4v) is 2.62. The van der Waals surface area contributed by atoms with Gasteiger partial charge in [-0.25, -0.2) is 4.98 Å². The number of carbonyl (C=O) groups excluding carboxylic acids is 2. The van der Waals surface area contributed by atoms with Gasteiger partial charge in [0, 0.05) is 18.3 Å². The predicted octanol–water partition coefficient (Wildman–Crippen LogP) is 3.68. The maximum atomic E-state index is 12.6. The zero-order valence-corrected chi connectivity index (χ0v) is 12.9. The molecule has 1 heterocycles. The molecule has 1 aromatic heterocycles. The maximum absolute atomic E-state index is 12.6. The summed E-state index contributed by atoms with van der Waals surface area (Å²) in [6, 6.07) is 6.28. The molecule has 0 saturated carbocycles. The van der Waals surface area contributed by atoms with Crippen molar-refractivity contribution >= 4 is 34.5 Å². The average molecular weight is 343 g/mol. The minimum atomic E-state index is -4.58. The molecule has 122 valence electrons. The monoisotopic (exact) mass is 343 g/mol. The van der Waals surface area contributed by atoms with Gasteiger partial charge in [0.25, 0.3) is 5.91 Å². The lowest BCUT2D eigenvalue weighted by molar-refractivity contribution is -0.137. The molecule has 0 bridgehead atoms. The number of amides is 2. The number of aryl methyl sites for hydroxylation is 1. The maximum Gasteiger partial charge on any atom is 0.443 e. The van der Waals surface area contributed by atoms with E-state index in [9.17, 15) is 22.8 Å². The Morgan fingerprint density at radius 2 is 1.78 bits per heavy atom. The van der Waals surface area contributed by atoms with E-state index in [1.54, 1.807) is 18.2 Å². The number of nitrogens with one attached hydrogen (secondary N) is 2. The number of thiazole rings is 1. The van der Waals surface area contributed by atoms with Crippen molar-refractivity contribution in [2.75, 3.05) is 10.6 Å². The van der Waals surface area contributed by atoms with E-state index in [0.29, 0.717) is 22.7 Å². The molecule has 1 aromatic carbocycles. The van der Waals surface area contributed by atoms with Crippen LogP contribution in [0.15, 0.2) is 24.3 Å². The third-order valence-electron chi connectivity index (χ3n) is 2.69. The number of anilines is 2. The number of benzene rings is 1. The topological polar surface area (TPSA) is 71.1 Å². The van der Waals surface area contributed by atoms with Crippen LogP contribution in [0.25, 0.3) is 0 Å². The fourth-order valence-electron chi connectivity index (χ4n) is 1.79. The first kappa shape index (κ1) is 16.9. The lowest BCUT2D eigenvalue weighted by atomic mass is 10.2. The Morgan fingerprint density at radius 3 is 2.30 bits per heavy atom. The molecular weight excluding hydrogens is 331 g/mol. The highest BCUT2D eigenvalue weighted by molar-refractivity contribution is 7.14. The molecule has 0 spiro atoms. The largest absolute Gasteiger partial charge is 0.443 e. The van der Waals surface area contributed by atoms with Crippen LogP contribution in [0.2, 0.25) is 0 Å². The number of rotatable bonds is 3. The summed E-state index contributed by atoms with van der Waals surface area (Å²) in [7, 11) is 0. The Labute approximate surface area is 133 Å². The Hall–Kier alpha value is -2.42. The minimum Gasteiger partial charge on any atom is -0.326 e. The van der Waals surface area contributed by atoms with Crippen molar-refractivity contribution in [1.82, 2.24) is 4.98 Å². The highest BCUT2D eigenvalue weighted by Gasteiger charge is 2.36. The smallest absolute Gasteiger partial charge is 0.326 e. The van der Waals surface area contributed by atoms with Crippen LogP contribution >= 0.6 is 11.3 Å². The van der Waals surface area contributed by atoms with E-state index in [4.69, 9.17) is 0 Å². The van der Waals surface area contributed by atoms with Crippen LogP contribution in [0.3, 0.4) is 0 Å². The summed E-state index contributed by atoms with van der Waals surface area (Å²) >= 11 is 0.291. The molecule has 2 amide bonds. The zero-order valence-electron chi connectivity index (χ0n) is 12.1. The second-order valence-corrected chi connectivity index (χ2v) is 5.65. The fraction of sp³-hybridized carbons (Fsp3) is 0.214. The van der Waals surface area contributed by atoms with Crippen molar-refractivity contribution in [2.45, 2.75) is 20.0 Å². The van der Waals surface area contributed by atoms with Gasteiger partial charge in [-0.15, -0.1) is 11.3 Å². The lowest BCUT2D eigenvalue weighted by Crippen LogP contribution is -2.12. The number of halogens is 3. The van der Waals surface area contributed by atoms with Gasteiger partial charge < -0.3 is 10.6 Å². The van der Waals surface area contributed by atoms with Crippen LogP contribution in [-0.4, -0.2) is 16.8 Å². The van der Waals surface area contributed by atoms with Crippen LogP contribution in [0.5, 0.6) is 0 Å². The standard InChI is InChI=1S/C14H12F3N3O2S/c1-7-11(23-13(18-7)14(15,16)17)12(22)20-10-5-3-4-9(6-10)19-8(2)21/h3-6H,1-2H3,(H,19,21)(H,20,22). The zero-order chi connectivity index (χ0) is 17.2. The number of nitrogens with zero attached hydrogens (tertiary/aromatic N) is 1. The van der Waals surface area contributed by atoms with E-state index < -0.39 is 17.1 Å². The van der Waals surface area contributed by atoms with Gasteiger partial charge in [-0.1, -0.05) is 6.07 Å². The van der Waals surface area contributed by atoms with E-state index in [0.717, 1.165) is 0 Å². The third kappa shape index (κ3) is 4.28. The molecule has 0 fully saturated rings. The number of aromatic nitrogens is 1. The second-order valence-electron chi connectivity index (χ2n) is 4.65. The number of hydrogen-bond acceptors (Lipinski definition) is 4. The average Bonchev–Trinajstić information content (AvgIpc) is 2.80. The van der Waals surface area contributed by atoms with Crippen molar-refractivity contribution in [2.24, 2.45) is 0 Å². The molecule has 2 N–H and O–H groups in total. The molecule has 0 unspecified atom stereocenters. The Balaban J connectivity index is 2.19. The van der Waals surface area contributed by atoms with E-state index in [-0.39, 0.29) is 16.5 Å². The molecule has 0 aliphatic rings. The Morgan fingerprint density at radius 1 is 1.17 bits per heavy atom. The second kappa shape index (κ2) is 6.37. The van der Waals surface area contributed by atoms with Crippen molar-refractivity contribution < 1.29 is 22.8 Å². The predicted molar refractivity (Wildman–Crippen MR) is 80.6 cm³/mol. The van der Waals surface area contributed by atoms with Gasteiger partial charge in [0.05, 0.1) is 5.69 Å². The van der Waals surface area contributed by atoms with E-state index in [1.165, 1.54) is 19.9 Å². The summed E-state index contributed by atoms with van der Waals surface area (Å²) in [5.74, 6) is -0.961. The van der Waals surface area contributed by atoms with Gasteiger partial charge in [-0.3, -0.25) is 9.59 Å². The van der Waals surface area contributed by atoms with E-state index >= 15 is 0 Å². The molecule has 9 heteroatoms. The van der Waals surface area contributed by atoms with Crippen LogP contribution in [0.4, 0.5) is 24.5 Å². The summed E-state index contributed by atoms with van der Waals surface area (Å²) in [5, 5.41) is 3.97. The first-order valence-electron chi connectivity index (χ1n) is 6.40. The molecule has 0 aliphatic heterocycles. The number of carbonyl (C=O) groups is 2. The highest BCUT2D eigenvalue weighted by atomic mass is 32.1. The molecule has 2 aromatic rings. The summed E-state index contributed by atoms with van der Waals surface area (Å²) in [4.78, 5) is 26.4. The quantitative estimate of drug-likeness (QED) is 0.893. The molecular formula is C14H12F3N3O2S. The molecule has 0 atom stereocenters. The van der Waals surface area contributed by atoms with Gasteiger partial charge in [-0.2, -0.15) is 13.2 Å². The van der Waals surface area contributed by atoms with Gasteiger partial charge in [-0.05, 0) is 25.1 Å². The SMILES string of the molecule is CC(=O)Nc1cccc(NC(=O)c2sc(C(F)(F)F)nc2C)c1. The molecule has 0 aliphatic carbocycles. The summed E-state index contributed by atoms with van der Waals surface area (Å²) in [6.45, 7) is 2.68. The van der Waals surface area contributed by atoms with Crippen LogP contribution < -0.4 is 10.6 Å². The minimum absolute atomic E-state index is 0.0119. The third-order valence-corrected chi connectivity index (χ3v) is 3.89. The van der Waals surface area contributed by atoms with Gasteiger partial charge in [0.15, 0.2) is 5.01 Å². The highest BCUT2D eigenvalue weighted by Crippen LogP contribution is 2.34. The van der Waals surface area contributed by atoms with Crippen LogP contribution in [-0.2, 0) is 11.0 Å². The normalized spacial score (nSPS) is 11.2. The summed E-state index contributed by atoms with van der Waals surface area (Å²) in [6.07, 6.45) is -4.58.